The van der Waals surface area contributed by atoms with Gasteiger partial charge < -0.3 is 38.3 Å². The molecule has 0 atom stereocenters. The quantitative estimate of drug-likeness (QED) is 0.165. The smallest absolute Gasteiger partial charge is 0.410 e. The van der Waals surface area contributed by atoms with E-state index in [9.17, 15) is 18.4 Å². The Kier molecular flexibility index (Phi) is 14.6. The molecule has 0 saturated heterocycles. The van der Waals surface area contributed by atoms with Gasteiger partial charge in [-0.25, -0.2) is 13.6 Å². The van der Waals surface area contributed by atoms with Gasteiger partial charge >= 0.3 is 6.09 Å². The minimum atomic E-state index is -0.682. The van der Waals surface area contributed by atoms with Crippen LogP contribution in [0.2, 0.25) is 5.02 Å². The maximum atomic E-state index is 14.1. The van der Waals surface area contributed by atoms with Crippen LogP contribution in [0.25, 0.3) is 26.5 Å². The van der Waals surface area contributed by atoms with Crippen LogP contribution in [-0.2, 0) is 32.3 Å². The van der Waals surface area contributed by atoms with Crippen LogP contribution in [0.5, 0.6) is 5.75 Å². The SMILES string of the molecule is COc1ccc(-c2ccnc(C)c2)cc1C[N-]C(=O)c1sc2c(F)ccc(F)c2c1Cl.[CH2-]CC(C[CH2-])N(C)C(=O)OC(C)(C)C.[W]. The summed E-state index contributed by atoms with van der Waals surface area (Å²) in [4.78, 5) is 30.0. The number of carbonyl (C=O) groups excluding carboxylic acids is 2. The van der Waals surface area contributed by atoms with E-state index in [1.165, 1.54) is 7.11 Å². The van der Waals surface area contributed by atoms with Crippen molar-refractivity contribution in [1.82, 2.24) is 9.88 Å². The van der Waals surface area contributed by atoms with E-state index in [1.54, 1.807) is 24.2 Å². The van der Waals surface area contributed by atoms with Gasteiger partial charge in [0.2, 0.25) is 0 Å². The number of hydrogen-bond acceptors (Lipinski definition) is 6. The number of aryl methyl sites for hydroxylation is 1. The van der Waals surface area contributed by atoms with Crippen LogP contribution >= 0.6 is 22.9 Å². The zero-order chi connectivity index (χ0) is 33.5. The molecule has 0 radical (unpaired) electrons. The zero-order valence-electron chi connectivity index (χ0n) is 26.7. The van der Waals surface area contributed by atoms with Crippen molar-refractivity contribution in [2.45, 2.75) is 58.7 Å². The van der Waals surface area contributed by atoms with Crippen molar-refractivity contribution >= 4 is 45.0 Å². The van der Waals surface area contributed by atoms with Gasteiger partial charge in [-0.05, 0) is 86.8 Å². The predicted octanol–water partition coefficient (Wildman–Crippen LogP) is 9.59. The Morgan fingerprint density at radius 3 is 2.26 bits per heavy atom. The second-order valence-corrected chi connectivity index (χ2v) is 12.5. The Balaban J connectivity index is 0.000000419. The Morgan fingerprint density at radius 1 is 1.07 bits per heavy atom. The second kappa shape index (κ2) is 17.2. The van der Waals surface area contributed by atoms with Crippen molar-refractivity contribution in [3.05, 3.63) is 101 Å². The molecule has 0 fully saturated rings. The molecule has 0 bridgehead atoms. The van der Waals surface area contributed by atoms with Crippen LogP contribution in [0.3, 0.4) is 0 Å². The number of fused-ring (bicyclic) bond motifs is 1. The second-order valence-electron chi connectivity index (χ2n) is 11.1. The topological polar surface area (TPSA) is 82.8 Å². The first-order chi connectivity index (χ1) is 21.2. The van der Waals surface area contributed by atoms with Crippen molar-refractivity contribution < 1.29 is 48.9 Å². The van der Waals surface area contributed by atoms with Gasteiger partial charge in [-0.3, -0.25) is 4.98 Å². The molecular formula is C34H37ClF2N3O4SW-3. The van der Waals surface area contributed by atoms with Crippen LogP contribution in [-0.4, -0.2) is 47.7 Å². The summed E-state index contributed by atoms with van der Waals surface area (Å²) in [6.07, 6.45) is 2.72. The molecule has 4 aromatic rings. The average molecular weight is 841 g/mol. The van der Waals surface area contributed by atoms with Gasteiger partial charge in [0.05, 0.1) is 33.0 Å². The summed E-state index contributed by atoms with van der Waals surface area (Å²) in [5, 5.41) is 3.87. The number of pyridine rings is 1. The zero-order valence-corrected chi connectivity index (χ0v) is 31.2. The summed E-state index contributed by atoms with van der Waals surface area (Å²) >= 11 is 6.97. The number of hydrogen-bond donors (Lipinski definition) is 0. The van der Waals surface area contributed by atoms with Gasteiger partial charge in [0, 0.05) is 40.0 Å². The maximum absolute atomic E-state index is 14.1. The van der Waals surface area contributed by atoms with Gasteiger partial charge in [0.1, 0.15) is 23.0 Å². The van der Waals surface area contributed by atoms with Crippen LogP contribution in [0.15, 0.2) is 48.7 Å². The Bertz CT molecular complexity index is 1660. The fraction of sp³-hybridized carbons (Fsp3) is 0.324. The summed E-state index contributed by atoms with van der Waals surface area (Å²) in [7, 11) is 3.25. The first-order valence-corrected chi connectivity index (χ1v) is 15.3. The minimum Gasteiger partial charge on any atom is -0.645 e. The number of halogens is 3. The largest absolute Gasteiger partial charge is 0.645 e. The minimum absolute atomic E-state index is 0. The number of methoxy groups -OCH3 is 1. The average Bonchev–Trinajstić information content (AvgIpc) is 3.36. The Morgan fingerprint density at radius 2 is 1.70 bits per heavy atom. The van der Waals surface area contributed by atoms with Crippen LogP contribution in [0.1, 0.15) is 54.5 Å². The summed E-state index contributed by atoms with van der Waals surface area (Å²) in [5.74, 6) is -1.38. The third-order valence-electron chi connectivity index (χ3n) is 6.68. The van der Waals surface area contributed by atoms with Crippen LogP contribution < -0.4 is 4.74 Å². The predicted molar refractivity (Wildman–Crippen MR) is 177 cm³/mol. The molecule has 0 aliphatic heterocycles. The third-order valence-corrected chi connectivity index (χ3v) is 8.35. The fourth-order valence-corrected chi connectivity index (χ4v) is 5.74. The van der Waals surface area contributed by atoms with E-state index in [0.717, 1.165) is 40.3 Å². The molecule has 46 heavy (non-hydrogen) atoms. The summed E-state index contributed by atoms with van der Waals surface area (Å²) in [6.45, 7) is 15.0. The molecule has 2 aromatic carbocycles. The molecule has 0 saturated carbocycles. The Labute approximate surface area is 292 Å². The molecule has 4 rings (SSSR count). The molecule has 0 spiro atoms. The van der Waals surface area contributed by atoms with E-state index in [4.69, 9.17) is 21.1 Å². The van der Waals surface area contributed by atoms with Crippen molar-refractivity contribution in [3.63, 3.8) is 0 Å². The van der Waals surface area contributed by atoms with E-state index in [1.807, 2.05) is 52.0 Å². The number of rotatable bonds is 8. The van der Waals surface area contributed by atoms with Crippen LogP contribution in [0, 0.1) is 32.4 Å². The van der Waals surface area contributed by atoms with E-state index in [0.29, 0.717) is 24.2 Å². The van der Waals surface area contributed by atoms with E-state index >= 15 is 0 Å². The molecule has 0 aliphatic rings. The van der Waals surface area contributed by atoms with E-state index in [2.05, 4.69) is 24.1 Å². The van der Waals surface area contributed by atoms with Gasteiger partial charge in [-0.2, -0.15) is 12.8 Å². The maximum Gasteiger partial charge on any atom is 0.410 e. The third kappa shape index (κ3) is 9.96. The van der Waals surface area contributed by atoms with E-state index in [-0.39, 0.29) is 59.7 Å². The molecule has 248 valence electrons. The number of ether oxygens (including phenoxy) is 2. The summed E-state index contributed by atoms with van der Waals surface area (Å²) < 4.78 is 38.7. The van der Waals surface area contributed by atoms with E-state index < -0.39 is 23.1 Å². The number of carbonyl (C=O) groups is 2. The number of benzene rings is 2. The molecule has 0 aliphatic carbocycles. The molecule has 7 nitrogen and oxygen atoms in total. The first-order valence-electron chi connectivity index (χ1n) is 14.1. The fourth-order valence-electron chi connectivity index (χ4n) is 4.29. The summed E-state index contributed by atoms with van der Waals surface area (Å²) in [6, 6.07) is 11.5. The first kappa shape index (κ1) is 39.1. The number of nitrogens with zero attached hydrogens (tertiary/aromatic N) is 3. The van der Waals surface area contributed by atoms with Gasteiger partial charge in [-0.1, -0.05) is 24.2 Å². The Hall–Kier alpha value is -3.07. The normalized spacial score (nSPS) is 11.0. The molecular weight excluding hydrogens is 804 g/mol. The number of amides is 2. The number of aromatic nitrogens is 1. The monoisotopic (exact) mass is 840 g/mol. The molecule has 2 amide bonds. The van der Waals surface area contributed by atoms with Gasteiger partial charge in [0.25, 0.3) is 0 Å². The molecule has 2 heterocycles. The van der Waals surface area contributed by atoms with Gasteiger partial charge in [0.15, 0.2) is 0 Å². The molecule has 0 N–H and O–H groups in total. The van der Waals surface area contributed by atoms with Crippen molar-refractivity contribution in [1.29, 1.82) is 0 Å². The standard InChI is InChI=1S/C23H17ClF2N2O2S.C11H21NO2.W/c1-12-9-14(7-8-27-12)13-3-6-18(30-2)15(10-13)11-28-23(29)22-20(24)19-16(25)4-5-17(26)21(19)31-22;1-7-9(8-2)12(6)10(13)14-11(3,4)5;/h3-10H,11H2,1-2H3,(H,28,29);9H,1-2,7-8H2,3-6H3;/q;-2;/p-1. The number of thiophene rings is 1. The molecule has 2 aromatic heterocycles. The van der Waals surface area contributed by atoms with Crippen LogP contribution in [0.4, 0.5) is 13.6 Å². The van der Waals surface area contributed by atoms with Crippen molar-refractivity contribution in [2.75, 3.05) is 14.2 Å². The molecule has 0 unspecified atom stereocenters. The van der Waals surface area contributed by atoms with Crippen molar-refractivity contribution in [2.24, 2.45) is 0 Å². The summed E-state index contributed by atoms with van der Waals surface area (Å²) in [5.41, 5.74) is 3.03. The van der Waals surface area contributed by atoms with Crippen molar-refractivity contribution in [3.8, 4) is 16.9 Å². The van der Waals surface area contributed by atoms with Gasteiger partial charge in [-0.15, -0.1) is 11.3 Å². The molecule has 12 heteroatoms.